The maximum absolute atomic E-state index is 12.1. The molecule has 0 radical (unpaired) electrons. The van der Waals surface area contributed by atoms with Crippen LogP contribution in [0, 0.1) is 11.3 Å². The summed E-state index contributed by atoms with van der Waals surface area (Å²) >= 11 is 7.19. The average Bonchev–Trinajstić information content (AvgIpc) is 2.62. The number of nitrogens with one attached hydrogen (secondary N) is 1. The highest BCUT2D eigenvalue weighted by molar-refractivity contribution is 8.02. The number of rotatable bonds is 11. The summed E-state index contributed by atoms with van der Waals surface area (Å²) < 4.78 is 15.9. The first-order valence-corrected chi connectivity index (χ1v) is 9.71. The van der Waals surface area contributed by atoms with Crippen LogP contribution in [0.15, 0.2) is 34.9 Å². The Morgan fingerprint density at radius 2 is 2.19 bits per heavy atom. The van der Waals surface area contributed by atoms with Crippen LogP contribution >= 0.6 is 23.4 Å². The van der Waals surface area contributed by atoms with Gasteiger partial charge in [0.25, 0.3) is 0 Å². The Kier molecular flexibility index (Phi) is 10.6. The van der Waals surface area contributed by atoms with Crippen molar-refractivity contribution >= 4 is 29.3 Å². The molecule has 8 heteroatoms. The van der Waals surface area contributed by atoms with Gasteiger partial charge in [0.2, 0.25) is 0 Å². The number of carbonyl (C=O) groups is 1. The highest BCUT2D eigenvalue weighted by atomic mass is 35.5. The zero-order chi connectivity index (χ0) is 19.4. The Labute approximate surface area is 163 Å². The minimum Gasteiger partial charge on any atom is -0.489 e. The number of esters is 1. The van der Waals surface area contributed by atoms with Gasteiger partial charge >= 0.3 is 5.97 Å². The predicted octanol–water partition coefficient (Wildman–Crippen LogP) is 3.37. The van der Waals surface area contributed by atoms with E-state index in [0.29, 0.717) is 35.6 Å². The first kappa shape index (κ1) is 22.2. The van der Waals surface area contributed by atoms with Crippen molar-refractivity contribution < 1.29 is 19.0 Å². The van der Waals surface area contributed by atoms with Gasteiger partial charge in [-0.1, -0.05) is 17.7 Å². The summed E-state index contributed by atoms with van der Waals surface area (Å²) in [4.78, 5) is 12.1. The molecule has 0 aromatic heterocycles. The van der Waals surface area contributed by atoms with E-state index in [9.17, 15) is 10.1 Å². The number of carbonyl (C=O) groups excluding carboxylic acids is 1. The van der Waals surface area contributed by atoms with Gasteiger partial charge in [0.05, 0.1) is 18.2 Å². The lowest BCUT2D eigenvalue weighted by Gasteiger charge is -2.17. The van der Waals surface area contributed by atoms with Gasteiger partial charge in [0.1, 0.15) is 24.5 Å². The fraction of sp³-hybridized carbons (Fsp3) is 0.444. The van der Waals surface area contributed by atoms with Crippen molar-refractivity contribution in [3.63, 3.8) is 0 Å². The van der Waals surface area contributed by atoms with Gasteiger partial charge in [-0.15, -0.1) is 11.8 Å². The number of hydrogen-bond donors (Lipinski definition) is 1. The summed E-state index contributed by atoms with van der Waals surface area (Å²) in [5.74, 6) is -0.0233. The van der Waals surface area contributed by atoms with Crippen LogP contribution in [0.5, 0.6) is 5.75 Å². The third-order valence-electron chi connectivity index (χ3n) is 3.10. The first-order valence-electron chi connectivity index (χ1n) is 8.11. The molecule has 6 nitrogen and oxygen atoms in total. The monoisotopic (exact) mass is 398 g/mol. The zero-order valence-corrected chi connectivity index (χ0v) is 16.7. The Hall–Kier alpha value is -1.88. The van der Waals surface area contributed by atoms with Crippen LogP contribution < -0.4 is 10.1 Å². The molecule has 0 aliphatic heterocycles. The van der Waals surface area contributed by atoms with Crippen LogP contribution in [-0.4, -0.2) is 44.7 Å². The molecule has 0 saturated carbocycles. The van der Waals surface area contributed by atoms with Gasteiger partial charge in [-0.05, 0) is 38.3 Å². The number of benzene rings is 1. The van der Waals surface area contributed by atoms with Crippen LogP contribution in [-0.2, 0) is 14.3 Å². The van der Waals surface area contributed by atoms with Gasteiger partial charge in [-0.3, -0.25) is 0 Å². The molecule has 1 rings (SSSR count). The van der Waals surface area contributed by atoms with Crippen molar-refractivity contribution in [2.45, 2.75) is 20.0 Å². The number of nitriles is 1. The van der Waals surface area contributed by atoms with E-state index >= 15 is 0 Å². The molecule has 1 aromatic carbocycles. The lowest BCUT2D eigenvalue weighted by molar-refractivity contribution is -0.140. The molecule has 1 aromatic rings. The molecular weight excluding hydrogens is 376 g/mol. The minimum absolute atomic E-state index is 0.0658. The van der Waals surface area contributed by atoms with Crippen molar-refractivity contribution in [3.05, 3.63) is 39.9 Å². The van der Waals surface area contributed by atoms with Crippen LogP contribution in [0.3, 0.4) is 0 Å². The fourth-order valence-electron chi connectivity index (χ4n) is 1.91. The van der Waals surface area contributed by atoms with Gasteiger partial charge in [-0.25, -0.2) is 4.79 Å². The summed E-state index contributed by atoms with van der Waals surface area (Å²) in [6, 6.07) is 9.00. The molecular formula is C18H23ClN2O4S. The van der Waals surface area contributed by atoms with E-state index in [1.165, 1.54) is 11.8 Å². The lowest BCUT2D eigenvalue weighted by atomic mass is 10.3. The Morgan fingerprint density at radius 1 is 1.42 bits per heavy atom. The second-order valence-corrected chi connectivity index (χ2v) is 6.37. The minimum atomic E-state index is -0.674. The Morgan fingerprint density at radius 3 is 2.81 bits per heavy atom. The number of nitrogens with zero attached hydrogens (tertiary/aromatic N) is 1. The molecule has 0 aliphatic rings. The number of halogens is 1. The van der Waals surface area contributed by atoms with Gasteiger partial charge < -0.3 is 19.5 Å². The van der Waals surface area contributed by atoms with Gasteiger partial charge in [-0.2, -0.15) is 5.26 Å². The number of hydrogen-bond acceptors (Lipinski definition) is 7. The highest BCUT2D eigenvalue weighted by Crippen LogP contribution is 2.19. The summed E-state index contributed by atoms with van der Waals surface area (Å²) in [5.41, 5.74) is -0.0658. The molecule has 0 amide bonds. The van der Waals surface area contributed by atoms with E-state index in [1.54, 1.807) is 24.5 Å². The standard InChI is InChI=1S/C18H23ClN2O4S/c1-4-23-8-9-24-18(22)16(11-20)17(26-3)21-12-13(2)25-15-7-5-6-14(19)10-15/h5-7,10,13,21H,4,8-9,12H2,1-3H3/b17-16+. The molecule has 142 valence electrons. The third-order valence-corrected chi connectivity index (χ3v) is 4.09. The van der Waals surface area contributed by atoms with Crippen LogP contribution in [0.25, 0.3) is 0 Å². The molecule has 1 unspecified atom stereocenters. The van der Waals surface area contributed by atoms with E-state index in [-0.39, 0.29) is 18.3 Å². The number of ether oxygens (including phenoxy) is 3. The molecule has 0 spiro atoms. The average molecular weight is 399 g/mol. The van der Waals surface area contributed by atoms with Crippen molar-refractivity contribution in [3.8, 4) is 11.8 Å². The molecule has 0 bridgehead atoms. The van der Waals surface area contributed by atoms with Crippen molar-refractivity contribution in [2.24, 2.45) is 0 Å². The molecule has 0 aliphatic carbocycles. The van der Waals surface area contributed by atoms with Gasteiger partial charge in [0.15, 0.2) is 5.57 Å². The van der Waals surface area contributed by atoms with Crippen molar-refractivity contribution in [1.29, 1.82) is 5.26 Å². The van der Waals surface area contributed by atoms with E-state index in [0.717, 1.165) is 0 Å². The zero-order valence-electron chi connectivity index (χ0n) is 15.1. The summed E-state index contributed by atoms with van der Waals surface area (Å²) in [6.07, 6.45) is 1.57. The second-order valence-electron chi connectivity index (χ2n) is 5.12. The third kappa shape index (κ3) is 8.00. The fourth-order valence-corrected chi connectivity index (χ4v) is 2.65. The molecule has 1 N–H and O–H groups in total. The summed E-state index contributed by atoms with van der Waals surface area (Å²) in [5, 5.41) is 13.4. The van der Waals surface area contributed by atoms with Crippen molar-refractivity contribution in [2.75, 3.05) is 32.6 Å². The number of thioether (sulfide) groups is 1. The highest BCUT2D eigenvalue weighted by Gasteiger charge is 2.17. The largest absolute Gasteiger partial charge is 0.489 e. The first-order chi connectivity index (χ1) is 12.5. The molecule has 0 heterocycles. The van der Waals surface area contributed by atoms with E-state index < -0.39 is 5.97 Å². The molecule has 26 heavy (non-hydrogen) atoms. The summed E-state index contributed by atoms with van der Waals surface area (Å²) in [7, 11) is 0. The second kappa shape index (κ2) is 12.5. The Bertz CT molecular complexity index is 661. The van der Waals surface area contributed by atoms with E-state index in [1.807, 2.05) is 26.0 Å². The van der Waals surface area contributed by atoms with Gasteiger partial charge in [0, 0.05) is 11.6 Å². The normalized spacial score (nSPS) is 12.6. The maximum Gasteiger partial charge on any atom is 0.351 e. The summed E-state index contributed by atoms with van der Waals surface area (Å²) in [6.45, 7) is 5.07. The van der Waals surface area contributed by atoms with Crippen LogP contribution in [0.4, 0.5) is 0 Å². The lowest BCUT2D eigenvalue weighted by Crippen LogP contribution is -2.29. The topological polar surface area (TPSA) is 80.6 Å². The maximum atomic E-state index is 12.1. The molecule has 0 fully saturated rings. The van der Waals surface area contributed by atoms with E-state index in [2.05, 4.69) is 5.32 Å². The SMILES string of the molecule is CCOCCOC(=O)/C(C#N)=C(\NCC(C)Oc1cccc(Cl)c1)SC. The molecule has 1 atom stereocenters. The van der Waals surface area contributed by atoms with Crippen LogP contribution in [0.2, 0.25) is 5.02 Å². The molecule has 0 saturated heterocycles. The quantitative estimate of drug-likeness (QED) is 0.265. The van der Waals surface area contributed by atoms with E-state index in [4.69, 9.17) is 25.8 Å². The smallest absolute Gasteiger partial charge is 0.351 e. The van der Waals surface area contributed by atoms with Crippen LogP contribution in [0.1, 0.15) is 13.8 Å². The predicted molar refractivity (Wildman–Crippen MR) is 103 cm³/mol. The van der Waals surface area contributed by atoms with Crippen molar-refractivity contribution in [1.82, 2.24) is 5.32 Å². The Balaban J connectivity index is 2.62.